The molecule has 4 aliphatic carbocycles. The first kappa shape index (κ1) is 20.2. The van der Waals surface area contributed by atoms with E-state index < -0.39 is 5.41 Å². The summed E-state index contributed by atoms with van der Waals surface area (Å²) in [7, 11) is 1.80. The molecule has 4 atom stereocenters. The van der Waals surface area contributed by atoms with E-state index in [2.05, 4.69) is 16.3 Å². The first-order valence-corrected chi connectivity index (χ1v) is 11.9. The largest absolute Gasteiger partial charge is 0.388 e. The number of halogens is 1. The number of hydrogen-bond acceptors (Lipinski definition) is 4. The summed E-state index contributed by atoms with van der Waals surface area (Å²) in [6.07, 6.45) is 6.81. The van der Waals surface area contributed by atoms with Gasteiger partial charge in [0.15, 0.2) is 0 Å². The molecule has 2 spiro atoms. The zero-order valence-electron chi connectivity index (χ0n) is 19.1. The van der Waals surface area contributed by atoms with Crippen LogP contribution < -0.4 is 5.32 Å². The van der Waals surface area contributed by atoms with E-state index in [0.29, 0.717) is 16.8 Å². The zero-order chi connectivity index (χ0) is 22.7. The lowest BCUT2D eigenvalue weighted by atomic mass is 9.68. The highest BCUT2D eigenvalue weighted by atomic mass is 19.1. The van der Waals surface area contributed by atoms with E-state index >= 15 is 0 Å². The quantitative estimate of drug-likeness (QED) is 0.621. The van der Waals surface area contributed by atoms with Gasteiger partial charge in [0, 0.05) is 47.5 Å². The van der Waals surface area contributed by atoms with E-state index in [0.717, 1.165) is 50.6 Å². The number of rotatable bonds is 6. The summed E-state index contributed by atoms with van der Waals surface area (Å²) in [6.45, 7) is 3.88. The van der Waals surface area contributed by atoms with Gasteiger partial charge in [-0.15, -0.1) is 0 Å². The molecule has 4 bridgehead atoms. The van der Waals surface area contributed by atoms with Gasteiger partial charge in [-0.25, -0.2) is 4.39 Å². The molecule has 2 aliphatic heterocycles. The monoisotopic (exact) mass is 434 g/mol. The van der Waals surface area contributed by atoms with Gasteiger partial charge in [0.2, 0.25) is 5.91 Å². The average molecular weight is 435 g/mol. The van der Waals surface area contributed by atoms with Crippen molar-refractivity contribution >= 4 is 17.3 Å². The Hall–Kier alpha value is -2.42. The van der Waals surface area contributed by atoms with E-state index in [1.165, 1.54) is 6.07 Å². The first-order valence-electron chi connectivity index (χ1n) is 11.9. The van der Waals surface area contributed by atoms with Crippen LogP contribution in [0, 0.1) is 38.8 Å². The molecule has 1 aromatic rings. The standard InChI is InChI=1S/C26H31FN4O/c1-23(2,22(29)21-18(30-3)7-6-17(27)20(21)15-4-5-15)10-19(32)31-16-8-24(14-28)11-25(9-16)13-26(25,31)12-24/h6-7,15-16,29-30H,4-5,8-13H2,1-3H3. The third-order valence-corrected chi connectivity index (χ3v) is 9.35. The number of hydrogen-bond donors (Lipinski definition) is 2. The van der Waals surface area contributed by atoms with Crippen molar-refractivity contribution in [2.75, 3.05) is 12.4 Å². The van der Waals surface area contributed by atoms with Crippen LogP contribution in [0.2, 0.25) is 0 Å². The molecular formula is C26H31FN4O. The molecule has 6 heteroatoms. The second kappa shape index (κ2) is 5.92. The van der Waals surface area contributed by atoms with Gasteiger partial charge in [0.25, 0.3) is 0 Å². The SMILES string of the molecule is CNc1ccc(F)c(C2CC2)c1C(=N)C(C)(C)CC(=O)N1C2CC3(C#N)CC4(C2)CC14C3. The van der Waals surface area contributed by atoms with Crippen LogP contribution in [-0.4, -0.2) is 35.1 Å². The summed E-state index contributed by atoms with van der Waals surface area (Å²) in [5, 5.41) is 22.0. The molecule has 1 amide bonds. The van der Waals surface area contributed by atoms with Crippen molar-refractivity contribution in [2.24, 2.45) is 16.2 Å². The second-order valence-electron chi connectivity index (χ2n) is 11.9. The van der Waals surface area contributed by atoms with Crippen molar-refractivity contribution in [3.05, 3.63) is 29.1 Å². The molecule has 2 heterocycles. The summed E-state index contributed by atoms with van der Waals surface area (Å²) in [6, 6.07) is 5.96. The topological polar surface area (TPSA) is 80.0 Å². The number of carbonyl (C=O) groups excluding carboxylic acids is 1. The minimum absolute atomic E-state index is 0.102. The predicted octanol–water partition coefficient (Wildman–Crippen LogP) is 4.97. The minimum Gasteiger partial charge on any atom is -0.388 e. The van der Waals surface area contributed by atoms with E-state index in [1.807, 2.05) is 13.8 Å². The molecule has 2 N–H and O–H groups in total. The Morgan fingerprint density at radius 1 is 1.31 bits per heavy atom. The van der Waals surface area contributed by atoms with Crippen LogP contribution in [0.5, 0.6) is 0 Å². The number of nitriles is 1. The second-order valence-corrected chi connectivity index (χ2v) is 11.9. The molecule has 6 aliphatic rings. The number of benzene rings is 1. The van der Waals surface area contributed by atoms with Crippen molar-refractivity contribution in [2.45, 2.75) is 82.7 Å². The minimum atomic E-state index is -0.717. The molecule has 5 nitrogen and oxygen atoms in total. The van der Waals surface area contributed by atoms with Crippen LogP contribution in [0.4, 0.5) is 10.1 Å². The molecule has 7 rings (SSSR count). The lowest BCUT2D eigenvalue weighted by molar-refractivity contribution is -0.140. The van der Waals surface area contributed by atoms with Gasteiger partial charge in [0.1, 0.15) is 5.82 Å². The van der Waals surface area contributed by atoms with Gasteiger partial charge in [-0.1, -0.05) is 13.8 Å². The highest BCUT2D eigenvalue weighted by molar-refractivity contribution is 6.09. The van der Waals surface area contributed by atoms with Crippen molar-refractivity contribution in [3.8, 4) is 6.07 Å². The summed E-state index contributed by atoms with van der Waals surface area (Å²) >= 11 is 0. The fourth-order valence-electron chi connectivity index (χ4n) is 7.97. The molecule has 4 unspecified atom stereocenters. The van der Waals surface area contributed by atoms with Gasteiger partial charge in [-0.2, -0.15) is 5.26 Å². The van der Waals surface area contributed by atoms with Gasteiger partial charge in [-0.05, 0) is 68.4 Å². The molecule has 4 saturated carbocycles. The third kappa shape index (κ3) is 2.37. The summed E-state index contributed by atoms with van der Waals surface area (Å²) in [4.78, 5) is 15.8. The van der Waals surface area contributed by atoms with Crippen molar-refractivity contribution in [1.82, 2.24) is 4.90 Å². The van der Waals surface area contributed by atoms with E-state index in [4.69, 9.17) is 5.41 Å². The fourth-order valence-corrected chi connectivity index (χ4v) is 7.97. The zero-order valence-corrected chi connectivity index (χ0v) is 19.1. The average Bonchev–Trinajstić information content (AvgIpc) is 3.62. The number of nitrogens with one attached hydrogen (secondary N) is 2. The van der Waals surface area contributed by atoms with Crippen LogP contribution in [0.3, 0.4) is 0 Å². The Balaban J connectivity index is 1.29. The number of amides is 1. The molecule has 1 aromatic carbocycles. The molecule has 32 heavy (non-hydrogen) atoms. The van der Waals surface area contributed by atoms with Crippen LogP contribution in [-0.2, 0) is 4.79 Å². The maximum absolute atomic E-state index is 14.8. The molecular weight excluding hydrogens is 403 g/mol. The molecule has 168 valence electrons. The number of anilines is 1. The van der Waals surface area contributed by atoms with Crippen LogP contribution in [0.1, 0.15) is 82.3 Å². The predicted molar refractivity (Wildman–Crippen MR) is 120 cm³/mol. The maximum atomic E-state index is 14.8. The highest BCUT2D eigenvalue weighted by Crippen LogP contribution is 2.84. The van der Waals surface area contributed by atoms with Gasteiger partial charge in [0.05, 0.1) is 17.0 Å². The summed E-state index contributed by atoms with van der Waals surface area (Å²) in [5.74, 6) is 0.0260. The molecule has 0 aromatic heterocycles. The lowest BCUT2D eigenvalue weighted by Gasteiger charge is -2.46. The van der Waals surface area contributed by atoms with Gasteiger partial charge >= 0.3 is 0 Å². The Morgan fingerprint density at radius 3 is 2.69 bits per heavy atom. The Morgan fingerprint density at radius 2 is 2.06 bits per heavy atom. The molecule has 6 fully saturated rings. The molecule has 2 saturated heterocycles. The summed E-state index contributed by atoms with van der Waals surface area (Å²) in [5.41, 5.74) is 1.51. The van der Waals surface area contributed by atoms with Crippen LogP contribution in [0.15, 0.2) is 12.1 Å². The van der Waals surface area contributed by atoms with E-state index in [-0.39, 0.29) is 46.5 Å². The van der Waals surface area contributed by atoms with Crippen molar-refractivity contribution < 1.29 is 9.18 Å². The Labute approximate surface area is 188 Å². The number of carbonyl (C=O) groups is 1. The van der Waals surface area contributed by atoms with Crippen LogP contribution >= 0.6 is 0 Å². The van der Waals surface area contributed by atoms with Crippen molar-refractivity contribution in [1.29, 1.82) is 10.7 Å². The maximum Gasteiger partial charge on any atom is 0.224 e. The van der Waals surface area contributed by atoms with Gasteiger partial charge in [-0.3, -0.25) is 4.79 Å². The van der Waals surface area contributed by atoms with Gasteiger partial charge < -0.3 is 15.6 Å². The normalized spacial score (nSPS) is 36.1. The number of piperidine rings is 2. The molecule has 0 radical (unpaired) electrons. The Bertz CT molecular complexity index is 1120. The summed E-state index contributed by atoms with van der Waals surface area (Å²) < 4.78 is 14.8. The smallest absolute Gasteiger partial charge is 0.224 e. The first-order chi connectivity index (χ1) is 15.1. The third-order valence-electron chi connectivity index (χ3n) is 9.35. The number of nitrogens with zero attached hydrogens (tertiary/aromatic N) is 2. The van der Waals surface area contributed by atoms with E-state index in [9.17, 15) is 14.4 Å². The lowest BCUT2D eigenvalue weighted by Crippen LogP contribution is -2.53. The highest BCUT2D eigenvalue weighted by Gasteiger charge is 2.86. The van der Waals surface area contributed by atoms with Crippen LogP contribution in [0.25, 0.3) is 0 Å². The van der Waals surface area contributed by atoms with Crippen molar-refractivity contribution in [3.63, 3.8) is 0 Å². The Kier molecular flexibility index (Phi) is 3.74. The van der Waals surface area contributed by atoms with E-state index in [1.54, 1.807) is 13.1 Å². The fraction of sp³-hybridized carbons (Fsp3) is 0.654.